The Hall–Kier alpha value is -0.870. The smallest absolute Gasteiger partial charge is 0.329 e. The number of nitrogens with one attached hydrogen (secondary N) is 2. The molecule has 1 amide bonds. The molecule has 0 spiro atoms. The number of aliphatic hydroxyl groups is 1. The van der Waals surface area contributed by atoms with Crippen molar-refractivity contribution < 1.29 is 19.8 Å². The lowest BCUT2D eigenvalue weighted by molar-refractivity contribution is -0.148. The third-order valence-electron chi connectivity index (χ3n) is 6.32. The summed E-state index contributed by atoms with van der Waals surface area (Å²) < 4.78 is 0. The molecule has 2 unspecified atom stereocenters. The number of nitrogens with two attached hydrogens (primary N) is 1. The summed E-state index contributed by atoms with van der Waals surface area (Å²) in [6.07, 6.45) is 2.24. The number of likely N-dealkylation sites (N-methyl/N-ethyl adjacent to an activating group) is 1. The molecule has 8 nitrogen and oxygen atoms in total. The Morgan fingerprint density at radius 1 is 1.19 bits per heavy atom. The summed E-state index contributed by atoms with van der Waals surface area (Å²) in [5.74, 6) is -0.383. The van der Waals surface area contributed by atoms with Crippen LogP contribution < -0.4 is 16.4 Å². The molecule has 0 bridgehead atoms. The van der Waals surface area contributed by atoms with Gasteiger partial charge in [0.1, 0.15) is 5.54 Å². The van der Waals surface area contributed by atoms with Gasteiger partial charge in [0, 0.05) is 37.5 Å². The van der Waals surface area contributed by atoms with Gasteiger partial charge in [0.15, 0.2) is 0 Å². The Bertz CT molecular complexity index is 540. The Balaban J connectivity index is 5.53. The highest BCUT2D eigenvalue weighted by molar-refractivity contribution is 7.80. The number of rotatable bonds is 17. The maximum Gasteiger partial charge on any atom is 0.329 e. The standard InChI is InChI=1S/C22H46N4O4S/c1-7-15(3)18(24-12-17(23)14-31)13-26(6)19(16(4)8-2)20(28)25-22(5,21(29)30)10-9-11-27/h15-19,24,27,31H,7-14,23H2,1-6H3,(H,25,28)(H,29,30)/t15?,16-,17+,18?,19-,22-/m0/s1. The topological polar surface area (TPSA) is 128 Å². The van der Waals surface area contributed by atoms with Gasteiger partial charge in [-0.15, -0.1) is 0 Å². The summed E-state index contributed by atoms with van der Waals surface area (Å²) in [4.78, 5) is 27.1. The van der Waals surface area contributed by atoms with Gasteiger partial charge in [0.25, 0.3) is 0 Å². The molecular formula is C22H46N4O4S. The first kappa shape index (κ1) is 30.1. The molecule has 0 radical (unpaired) electrons. The van der Waals surface area contributed by atoms with Gasteiger partial charge in [-0.1, -0.05) is 40.5 Å². The maximum atomic E-state index is 13.3. The van der Waals surface area contributed by atoms with E-state index in [4.69, 9.17) is 10.8 Å². The van der Waals surface area contributed by atoms with E-state index in [0.29, 0.717) is 31.2 Å². The zero-order valence-electron chi connectivity index (χ0n) is 20.2. The average Bonchev–Trinajstić information content (AvgIpc) is 2.73. The molecule has 0 aromatic carbocycles. The van der Waals surface area contributed by atoms with Crippen molar-refractivity contribution in [3.8, 4) is 0 Å². The van der Waals surface area contributed by atoms with Gasteiger partial charge in [-0.3, -0.25) is 9.69 Å². The Kier molecular flexibility index (Phi) is 14.6. The summed E-state index contributed by atoms with van der Waals surface area (Å²) in [5.41, 5.74) is 4.60. The molecule has 0 saturated carbocycles. The van der Waals surface area contributed by atoms with Crippen molar-refractivity contribution in [1.82, 2.24) is 15.5 Å². The highest BCUT2D eigenvalue weighted by Crippen LogP contribution is 2.20. The van der Waals surface area contributed by atoms with Gasteiger partial charge in [-0.25, -0.2) is 4.79 Å². The van der Waals surface area contributed by atoms with Gasteiger partial charge in [-0.2, -0.15) is 12.6 Å². The van der Waals surface area contributed by atoms with Gasteiger partial charge in [0.2, 0.25) is 5.91 Å². The molecule has 6 atom stereocenters. The largest absolute Gasteiger partial charge is 0.480 e. The Labute approximate surface area is 194 Å². The number of thiol groups is 1. The van der Waals surface area contributed by atoms with Crippen molar-refractivity contribution in [2.75, 3.05) is 32.5 Å². The minimum Gasteiger partial charge on any atom is -0.480 e. The van der Waals surface area contributed by atoms with Crippen molar-refractivity contribution in [2.24, 2.45) is 17.6 Å². The van der Waals surface area contributed by atoms with Crippen molar-refractivity contribution in [3.05, 3.63) is 0 Å². The second-order valence-corrected chi connectivity index (χ2v) is 9.43. The molecule has 0 aromatic rings. The van der Waals surface area contributed by atoms with E-state index in [1.807, 2.05) is 25.8 Å². The summed E-state index contributed by atoms with van der Waals surface area (Å²) in [7, 11) is 1.91. The van der Waals surface area contributed by atoms with E-state index in [-0.39, 0.29) is 36.9 Å². The molecule has 0 aliphatic heterocycles. The SMILES string of the molecule is CCC(C)C(CN(C)[C@H](C(=O)N[C@@](C)(CCCO)C(=O)O)[C@@H](C)CC)NC[C@@H](N)CS. The quantitative estimate of drug-likeness (QED) is 0.180. The average molecular weight is 463 g/mol. The van der Waals surface area contributed by atoms with Crippen LogP contribution in [0.5, 0.6) is 0 Å². The highest BCUT2D eigenvalue weighted by atomic mass is 32.1. The summed E-state index contributed by atoms with van der Waals surface area (Å²) in [6.45, 7) is 11.0. The molecular weight excluding hydrogens is 416 g/mol. The van der Waals surface area contributed by atoms with E-state index in [1.165, 1.54) is 6.92 Å². The molecule has 0 rings (SSSR count). The lowest BCUT2D eigenvalue weighted by atomic mass is 9.91. The van der Waals surface area contributed by atoms with Crippen LogP contribution in [0.1, 0.15) is 60.3 Å². The van der Waals surface area contributed by atoms with Crippen LogP contribution in [0.3, 0.4) is 0 Å². The second kappa shape index (κ2) is 15.1. The predicted octanol–water partition coefficient (Wildman–Crippen LogP) is 1.33. The van der Waals surface area contributed by atoms with Gasteiger partial charge in [-0.05, 0) is 38.6 Å². The van der Waals surface area contributed by atoms with E-state index in [1.54, 1.807) is 0 Å². The minimum absolute atomic E-state index is 0.0400. The molecule has 31 heavy (non-hydrogen) atoms. The maximum absolute atomic E-state index is 13.3. The highest BCUT2D eigenvalue weighted by Gasteiger charge is 2.39. The van der Waals surface area contributed by atoms with E-state index in [2.05, 4.69) is 37.1 Å². The van der Waals surface area contributed by atoms with Crippen LogP contribution in [0, 0.1) is 11.8 Å². The predicted molar refractivity (Wildman–Crippen MR) is 129 cm³/mol. The molecule has 184 valence electrons. The number of carboxylic acids is 1. The Morgan fingerprint density at radius 3 is 2.23 bits per heavy atom. The van der Waals surface area contributed by atoms with Crippen LogP contribution in [0.4, 0.5) is 0 Å². The molecule has 0 saturated heterocycles. The molecule has 0 heterocycles. The zero-order valence-corrected chi connectivity index (χ0v) is 21.1. The number of aliphatic hydroxyl groups excluding tert-OH is 1. The zero-order chi connectivity index (χ0) is 24.2. The third kappa shape index (κ3) is 10.1. The first-order valence-corrected chi connectivity index (χ1v) is 12.1. The number of hydrogen-bond donors (Lipinski definition) is 6. The number of carboxylic acid groups (broad SMARTS) is 1. The monoisotopic (exact) mass is 462 g/mol. The van der Waals surface area contributed by atoms with Crippen LogP contribution >= 0.6 is 12.6 Å². The molecule has 0 aliphatic carbocycles. The van der Waals surface area contributed by atoms with Crippen LogP contribution in [0.25, 0.3) is 0 Å². The first-order valence-electron chi connectivity index (χ1n) is 11.4. The number of carbonyl (C=O) groups excluding carboxylic acids is 1. The molecule has 9 heteroatoms. The number of carbonyl (C=O) groups is 2. The lowest BCUT2D eigenvalue weighted by Crippen LogP contribution is -2.60. The van der Waals surface area contributed by atoms with E-state index in [0.717, 1.165) is 12.8 Å². The molecule has 6 N–H and O–H groups in total. The lowest BCUT2D eigenvalue weighted by Gasteiger charge is -2.38. The Morgan fingerprint density at radius 2 is 1.77 bits per heavy atom. The normalized spacial score (nSPS) is 18.6. The summed E-state index contributed by atoms with van der Waals surface area (Å²) >= 11 is 4.25. The van der Waals surface area contributed by atoms with Crippen molar-refractivity contribution >= 4 is 24.5 Å². The summed E-state index contributed by atoms with van der Waals surface area (Å²) in [6, 6.07) is -0.373. The first-order chi connectivity index (χ1) is 14.5. The summed E-state index contributed by atoms with van der Waals surface area (Å²) in [5, 5.41) is 25.1. The molecule has 0 aromatic heterocycles. The second-order valence-electron chi connectivity index (χ2n) is 9.07. The van der Waals surface area contributed by atoms with E-state index >= 15 is 0 Å². The van der Waals surface area contributed by atoms with Gasteiger partial charge >= 0.3 is 5.97 Å². The van der Waals surface area contributed by atoms with Crippen molar-refractivity contribution in [3.63, 3.8) is 0 Å². The molecule has 0 fully saturated rings. The third-order valence-corrected chi connectivity index (χ3v) is 6.79. The van der Waals surface area contributed by atoms with Crippen LogP contribution in [0.2, 0.25) is 0 Å². The van der Waals surface area contributed by atoms with Crippen LogP contribution in [-0.2, 0) is 9.59 Å². The minimum atomic E-state index is -1.42. The fraction of sp³-hybridized carbons (Fsp3) is 0.909. The number of aliphatic carboxylic acids is 1. The number of amides is 1. The van der Waals surface area contributed by atoms with Gasteiger partial charge in [0.05, 0.1) is 6.04 Å². The van der Waals surface area contributed by atoms with Crippen LogP contribution in [0.15, 0.2) is 0 Å². The van der Waals surface area contributed by atoms with E-state index < -0.39 is 17.6 Å². The number of hydrogen-bond acceptors (Lipinski definition) is 7. The number of nitrogens with zero attached hydrogens (tertiary/aromatic N) is 1. The van der Waals surface area contributed by atoms with Crippen molar-refractivity contribution in [2.45, 2.75) is 84.0 Å². The fourth-order valence-corrected chi connectivity index (χ4v) is 3.77. The van der Waals surface area contributed by atoms with E-state index in [9.17, 15) is 14.7 Å². The van der Waals surface area contributed by atoms with Crippen molar-refractivity contribution in [1.29, 1.82) is 0 Å². The van der Waals surface area contributed by atoms with Gasteiger partial charge < -0.3 is 26.6 Å². The fourth-order valence-electron chi connectivity index (χ4n) is 3.64. The van der Waals surface area contributed by atoms with Crippen LogP contribution in [-0.4, -0.2) is 83.2 Å². The molecule has 0 aliphatic rings.